The summed E-state index contributed by atoms with van der Waals surface area (Å²) in [7, 11) is 0. The third-order valence-electron chi connectivity index (χ3n) is 2.49. The molecule has 0 atom stereocenters. The molecule has 0 saturated heterocycles. The Bertz CT molecular complexity index is 443. The van der Waals surface area contributed by atoms with Crippen LogP contribution in [0.1, 0.15) is 25.3 Å². The third-order valence-corrected chi connectivity index (χ3v) is 2.49. The van der Waals surface area contributed by atoms with Gasteiger partial charge in [0.1, 0.15) is 6.26 Å². The normalized spacial score (nSPS) is 10.9. The molecule has 0 saturated carbocycles. The van der Waals surface area contributed by atoms with Crippen molar-refractivity contribution in [1.82, 2.24) is 5.16 Å². The summed E-state index contributed by atoms with van der Waals surface area (Å²) < 4.78 is 4.80. The fourth-order valence-corrected chi connectivity index (χ4v) is 1.51. The van der Waals surface area contributed by atoms with E-state index in [4.69, 9.17) is 10.3 Å². The van der Waals surface area contributed by atoms with Crippen LogP contribution in [0.25, 0.3) is 11.1 Å². The molecule has 0 aliphatic carbocycles. The van der Waals surface area contributed by atoms with Crippen molar-refractivity contribution in [2.24, 2.45) is 0 Å². The van der Waals surface area contributed by atoms with E-state index in [0.29, 0.717) is 11.7 Å². The van der Waals surface area contributed by atoms with Crippen molar-refractivity contribution in [2.75, 3.05) is 5.73 Å². The molecule has 0 aliphatic heterocycles. The first-order valence-corrected chi connectivity index (χ1v) is 4.98. The molecular weight excluding hydrogens is 188 g/mol. The van der Waals surface area contributed by atoms with Gasteiger partial charge in [-0.1, -0.05) is 43.3 Å². The molecule has 0 radical (unpaired) electrons. The molecule has 2 N–H and O–H groups in total. The molecule has 0 fully saturated rings. The summed E-state index contributed by atoms with van der Waals surface area (Å²) in [5.41, 5.74) is 8.87. The fraction of sp³-hybridized carbons (Fsp3) is 0.250. The quantitative estimate of drug-likeness (QED) is 0.814. The Morgan fingerprint density at radius 3 is 2.33 bits per heavy atom. The van der Waals surface area contributed by atoms with E-state index in [1.165, 1.54) is 5.56 Å². The number of anilines is 1. The molecular formula is C12H14N2O. The Morgan fingerprint density at radius 2 is 1.87 bits per heavy atom. The Labute approximate surface area is 88.9 Å². The maximum absolute atomic E-state index is 5.67. The smallest absolute Gasteiger partial charge is 0.174 e. The van der Waals surface area contributed by atoms with Crippen LogP contribution in [-0.2, 0) is 0 Å². The van der Waals surface area contributed by atoms with E-state index >= 15 is 0 Å². The van der Waals surface area contributed by atoms with Gasteiger partial charge >= 0.3 is 0 Å². The lowest BCUT2D eigenvalue weighted by molar-refractivity contribution is 0.423. The maximum atomic E-state index is 5.67. The minimum Gasteiger partial charge on any atom is -0.380 e. The Kier molecular flexibility index (Phi) is 2.46. The van der Waals surface area contributed by atoms with Crippen molar-refractivity contribution in [3.63, 3.8) is 0 Å². The van der Waals surface area contributed by atoms with Crippen LogP contribution in [0.5, 0.6) is 0 Å². The van der Waals surface area contributed by atoms with Gasteiger partial charge in [0, 0.05) is 0 Å². The van der Waals surface area contributed by atoms with E-state index < -0.39 is 0 Å². The SMILES string of the molecule is CC(C)c1ccc(-c2conc2N)cc1. The lowest BCUT2D eigenvalue weighted by Gasteiger charge is -2.05. The topological polar surface area (TPSA) is 52.0 Å². The van der Waals surface area contributed by atoms with Crippen LogP contribution in [0.3, 0.4) is 0 Å². The van der Waals surface area contributed by atoms with Crippen molar-refractivity contribution in [3.8, 4) is 11.1 Å². The maximum Gasteiger partial charge on any atom is 0.174 e. The van der Waals surface area contributed by atoms with Crippen LogP contribution in [0.4, 0.5) is 5.82 Å². The summed E-state index contributed by atoms with van der Waals surface area (Å²) in [5.74, 6) is 0.978. The number of hydrogen-bond acceptors (Lipinski definition) is 3. The molecule has 1 aromatic carbocycles. The van der Waals surface area contributed by atoms with E-state index in [1.807, 2.05) is 12.1 Å². The van der Waals surface area contributed by atoms with Crippen molar-refractivity contribution in [1.29, 1.82) is 0 Å². The molecule has 0 bridgehead atoms. The molecule has 3 nitrogen and oxygen atoms in total. The largest absolute Gasteiger partial charge is 0.380 e. The molecule has 2 aromatic rings. The van der Waals surface area contributed by atoms with Crippen molar-refractivity contribution < 1.29 is 4.52 Å². The zero-order valence-electron chi connectivity index (χ0n) is 8.90. The van der Waals surface area contributed by atoms with Gasteiger partial charge in [0.25, 0.3) is 0 Å². The van der Waals surface area contributed by atoms with E-state index in [2.05, 4.69) is 31.1 Å². The Morgan fingerprint density at radius 1 is 1.20 bits per heavy atom. The highest BCUT2D eigenvalue weighted by Crippen LogP contribution is 2.26. The van der Waals surface area contributed by atoms with Gasteiger partial charge in [-0.3, -0.25) is 0 Å². The van der Waals surface area contributed by atoms with Crippen LogP contribution in [0.15, 0.2) is 35.1 Å². The van der Waals surface area contributed by atoms with E-state index in [1.54, 1.807) is 6.26 Å². The van der Waals surface area contributed by atoms with Crippen molar-refractivity contribution >= 4 is 5.82 Å². The van der Waals surface area contributed by atoms with Crippen LogP contribution in [0.2, 0.25) is 0 Å². The van der Waals surface area contributed by atoms with Gasteiger partial charge in [-0.05, 0) is 17.0 Å². The molecule has 0 spiro atoms. The predicted octanol–water partition coefficient (Wildman–Crippen LogP) is 3.05. The summed E-state index contributed by atoms with van der Waals surface area (Å²) in [5, 5.41) is 3.65. The molecule has 0 amide bonds. The molecule has 1 aromatic heterocycles. The van der Waals surface area contributed by atoms with Crippen molar-refractivity contribution in [2.45, 2.75) is 19.8 Å². The van der Waals surface area contributed by atoms with Crippen LogP contribution in [0, 0.1) is 0 Å². The average molecular weight is 202 g/mol. The second-order valence-corrected chi connectivity index (χ2v) is 3.89. The first-order valence-electron chi connectivity index (χ1n) is 4.98. The van der Waals surface area contributed by atoms with Gasteiger partial charge in [0.05, 0.1) is 5.56 Å². The minimum atomic E-state index is 0.437. The fourth-order valence-electron chi connectivity index (χ4n) is 1.51. The van der Waals surface area contributed by atoms with Crippen molar-refractivity contribution in [3.05, 3.63) is 36.1 Å². The average Bonchev–Trinajstić information content (AvgIpc) is 2.65. The first-order chi connectivity index (χ1) is 7.18. The van der Waals surface area contributed by atoms with E-state index in [-0.39, 0.29) is 0 Å². The lowest BCUT2D eigenvalue weighted by Crippen LogP contribution is -1.89. The zero-order chi connectivity index (χ0) is 10.8. The van der Waals surface area contributed by atoms with Gasteiger partial charge in [-0.15, -0.1) is 0 Å². The highest BCUT2D eigenvalue weighted by molar-refractivity contribution is 5.72. The highest BCUT2D eigenvalue weighted by Gasteiger charge is 2.06. The summed E-state index contributed by atoms with van der Waals surface area (Å²) >= 11 is 0. The number of nitrogens with two attached hydrogens (primary N) is 1. The molecule has 3 heteroatoms. The van der Waals surface area contributed by atoms with Crippen LogP contribution < -0.4 is 5.73 Å². The summed E-state index contributed by atoms with van der Waals surface area (Å²) in [6, 6.07) is 8.29. The van der Waals surface area contributed by atoms with Crippen LogP contribution >= 0.6 is 0 Å². The monoisotopic (exact) mass is 202 g/mol. The summed E-state index contributed by atoms with van der Waals surface area (Å²) in [6.45, 7) is 4.34. The molecule has 78 valence electrons. The lowest BCUT2D eigenvalue weighted by atomic mass is 10.00. The number of benzene rings is 1. The molecule has 1 heterocycles. The van der Waals surface area contributed by atoms with Gasteiger partial charge in [-0.25, -0.2) is 0 Å². The molecule has 0 aliphatic rings. The number of rotatable bonds is 2. The minimum absolute atomic E-state index is 0.437. The van der Waals surface area contributed by atoms with Gasteiger partial charge in [-0.2, -0.15) is 0 Å². The zero-order valence-corrected chi connectivity index (χ0v) is 8.90. The van der Waals surface area contributed by atoms with Gasteiger partial charge in [0.15, 0.2) is 5.82 Å². The third kappa shape index (κ3) is 1.86. The van der Waals surface area contributed by atoms with Gasteiger partial charge < -0.3 is 10.3 Å². The number of nitrogen functional groups attached to an aromatic ring is 1. The van der Waals surface area contributed by atoms with Gasteiger partial charge in [0.2, 0.25) is 0 Å². The standard InChI is InChI=1S/C12H14N2O/c1-8(2)9-3-5-10(6-4-9)11-7-15-14-12(11)13/h3-8H,1-2H3,(H2,13,14). The summed E-state index contributed by atoms with van der Waals surface area (Å²) in [6.07, 6.45) is 1.57. The highest BCUT2D eigenvalue weighted by atomic mass is 16.5. The Hall–Kier alpha value is -1.77. The number of nitrogens with zero attached hydrogens (tertiary/aromatic N) is 1. The number of hydrogen-bond donors (Lipinski definition) is 1. The second kappa shape index (κ2) is 3.77. The van der Waals surface area contributed by atoms with E-state index in [0.717, 1.165) is 11.1 Å². The second-order valence-electron chi connectivity index (χ2n) is 3.89. The molecule has 2 rings (SSSR count). The van der Waals surface area contributed by atoms with Crippen LogP contribution in [-0.4, -0.2) is 5.16 Å². The first kappa shape index (κ1) is 9.77. The molecule has 15 heavy (non-hydrogen) atoms. The Balaban J connectivity index is 2.36. The number of aromatic nitrogens is 1. The molecule has 0 unspecified atom stereocenters. The summed E-state index contributed by atoms with van der Waals surface area (Å²) in [4.78, 5) is 0. The predicted molar refractivity (Wildman–Crippen MR) is 60.4 cm³/mol. The van der Waals surface area contributed by atoms with E-state index in [9.17, 15) is 0 Å².